The monoisotopic (exact) mass is 265 g/mol. The topological polar surface area (TPSA) is 42.1 Å². The molecule has 3 aromatic rings. The summed E-state index contributed by atoms with van der Waals surface area (Å²) in [7, 11) is 0. The van der Waals surface area contributed by atoms with Crippen LogP contribution in [0, 0.1) is 6.92 Å². The second-order valence-corrected chi connectivity index (χ2v) is 4.73. The van der Waals surface area contributed by atoms with Crippen LogP contribution in [0.5, 0.6) is 5.75 Å². The number of hydrogen-bond acceptors (Lipinski definition) is 2. The number of fused-ring (bicyclic) bond motifs is 1. The molecule has 0 saturated heterocycles. The zero-order valence-electron chi connectivity index (χ0n) is 11.2. The standard InChI is InChI=1S/C17H15NO2/c1-12-14(10-19)17-15(18-12)8-5-9-16(17)20-11-13-6-3-2-4-7-13/h2-10,18H,11H2,1H3. The highest BCUT2D eigenvalue weighted by molar-refractivity contribution is 6.02. The molecule has 1 aromatic heterocycles. The van der Waals surface area contributed by atoms with Crippen LogP contribution >= 0.6 is 0 Å². The highest BCUT2D eigenvalue weighted by Crippen LogP contribution is 2.30. The molecule has 0 fully saturated rings. The predicted octanol–water partition coefficient (Wildman–Crippen LogP) is 3.87. The number of rotatable bonds is 4. The molecule has 2 aromatic carbocycles. The van der Waals surface area contributed by atoms with Gasteiger partial charge in [0.1, 0.15) is 12.4 Å². The van der Waals surface area contributed by atoms with E-state index in [1.54, 1.807) is 0 Å². The van der Waals surface area contributed by atoms with Gasteiger partial charge in [-0.05, 0) is 24.6 Å². The molecule has 0 spiro atoms. The van der Waals surface area contributed by atoms with E-state index in [2.05, 4.69) is 4.98 Å². The van der Waals surface area contributed by atoms with E-state index in [1.165, 1.54) is 0 Å². The summed E-state index contributed by atoms with van der Waals surface area (Å²) < 4.78 is 5.88. The first-order valence-corrected chi connectivity index (χ1v) is 6.53. The predicted molar refractivity (Wildman–Crippen MR) is 79.2 cm³/mol. The molecule has 0 unspecified atom stereocenters. The van der Waals surface area contributed by atoms with Gasteiger partial charge in [-0.15, -0.1) is 0 Å². The lowest BCUT2D eigenvalue weighted by atomic mass is 10.1. The van der Waals surface area contributed by atoms with Crippen molar-refractivity contribution in [3.05, 3.63) is 65.4 Å². The van der Waals surface area contributed by atoms with Crippen LogP contribution < -0.4 is 4.74 Å². The van der Waals surface area contributed by atoms with Crippen molar-refractivity contribution in [1.82, 2.24) is 4.98 Å². The average Bonchev–Trinajstić information content (AvgIpc) is 2.82. The van der Waals surface area contributed by atoms with Crippen LogP contribution in [0.4, 0.5) is 0 Å². The molecule has 1 N–H and O–H groups in total. The van der Waals surface area contributed by atoms with Gasteiger partial charge >= 0.3 is 0 Å². The lowest BCUT2D eigenvalue weighted by Gasteiger charge is -2.08. The number of aromatic amines is 1. The Morgan fingerprint density at radius 3 is 2.65 bits per heavy atom. The quantitative estimate of drug-likeness (QED) is 0.728. The van der Waals surface area contributed by atoms with E-state index in [1.807, 2.05) is 55.5 Å². The Bertz CT molecular complexity index is 744. The minimum Gasteiger partial charge on any atom is -0.488 e. The molecule has 0 aliphatic rings. The smallest absolute Gasteiger partial charge is 0.152 e. The minimum atomic E-state index is 0.489. The zero-order valence-corrected chi connectivity index (χ0v) is 11.2. The molecule has 3 rings (SSSR count). The van der Waals surface area contributed by atoms with Gasteiger partial charge in [-0.3, -0.25) is 4.79 Å². The van der Waals surface area contributed by atoms with Crippen molar-refractivity contribution in [2.45, 2.75) is 13.5 Å². The van der Waals surface area contributed by atoms with E-state index >= 15 is 0 Å². The van der Waals surface area contributed by atoms with Crippen molar-refractivity contribution in [3.63, 3.8) is 0 Å². The SMILES string of the molecule is Cc1[nH]c2cccc(OCc3ccccc3)c2c1C=O. The van der Waals surface area contributed by atoms with E-state index in [0.29, 0.717) is 12.2 Å². The van der Waals surface area contributed by atoms with Gasteiger partial charge in [0.05, 0.1) is 10.9 Å². The van der Waals surface area contributed by atoms with Crippen molar-refractivity contribution in [1.29, 1.82) is 0 Å². The van der Waals surface area contributed by atoms with Crippen LogP contribution in [0.15, 0.2) is 48.5 Å². The molecule has 0 bridgehead atoms. The van der Waals surface area contributed by atoms with Crippen LogP contribution in [0.1, 0.15) is 21.6 Å². The fraction of sp³-hybridized carbons (Fsp3) is 0.118. The number of carbonyl (C=O) groups excluding carboxylic acids is 1. The number of aldehydes is 1. The second kappa shape index (κ2) is 5.21. The van der Waals surface area contributed by atoms with Gasteiger partial charge in [0.25, 0.3) is 0 Å². The highest BCUT2D eigenvalue weighted by atomic mass is 16.5. The van der Waals surface area contributed by atoms with Crippen molar-refractivity contribution < 1.29 is 9.53 Å². The molecule has 1 heterocycles. The third-order valence-corrected chi connectivity index (χ3v) is 3.38. The Labute approximate surface area is 117 Å². The summed E-state index contributed by atoms with van der Waals surface area (Å²) in [5.41, 5.74) is 3.56. The fourth-order valence-corrected chi connectivity index (χ4v) is 2.37. The maximum absolute atomic E-state index is 11.3. The molecule has 100 valence electrons. The van der Waals surface area contributed by atoms with Gasteiger partial charge < -0.3 is 9.72 Å². The van der Waals surface area contributed by atoms with Gasteiger partial charge in [-0.25, -0.2) is 0 Å². The number of carbonyl (C=O) groups is 1. The molecule has 3 nitrogen and oxygen atoms in total. The van der Waals surface area contributed by atoms with Gasteiger partial charge in [0.15, 0.2) is 6.29 Å². The van der Waals surface area contributed by atoms with Gasteiger partial charge in [-0.2, -0.15) is 0 Å². The first kappa shape index (κ1) is 12.5. The maximum Gasteiger partial charge on any atom is 0.152 e. The summed E-state index contributed by atoms with van der Waals surface area (Å²) in [6.45, 7) is 2.38. The lowest BCUT2D eigenvalue weighted by molar-refractivity contribution is 0.112. The summed E-state index contributed by atoms with van der Waals surface area (Å²) in [6, 6.07) is 15.7. The average molecular weight is 265 g/mol. The third-order valence-electron chi connectivity index (χ3n) is 3.38. The first-order chi connectivity index (χ1) is 9.79. The molecular weight excluding hydrogens is 250 g/mol. The van der Waals surface area contributed by atoms with Crippen LogP contribution in [0.3, 0.4) is 0 Å². The van der Waals surface area contributed by atoms with Gasteiger partial charge in [0.2, 0.25) is 0 Å². The van der Waals surface area contributed by atoms with Crippen LogP contribution in [0.25, 0.3) is 10.9 Å². The van der Waals surface area contributed by atoms with Crippen molar-refractivity contribution in [2.24, 2.45) is 0 Å². The molecule has 0 saturated carbocycles. The van der Waals surface area contributed by atoms with Crippen molar-refractivity contribution >= 4 is 17.2 Å². The summed E-state index contributed by atoms with van der Waals surface area (Å²) in [6.07, 6.45) is 0.879. The van der Waals surface area contributed by atoms with Crippen LogP contribution in [-0.4, -0.2) is 11.3 Å². The molecule has 0 radical (unpaired) electrons. The van der Waals surface area contributed by atoms with E-state index in [9.17, 15) is 4.79 Å². The van der Waals surface area contributed by atoms with E-state index < -0.39 is 0 Å². The molecule has 0 atom stereocenters. The number of aromatic nitrogens is 1. The van der Waals surface area contributed by atoms with Crippen molar-refractivity contribution in [2.75, 3.05) is 0 Å². The maximum atomic E-state index is 11.3. The fourth-order valence-electron chi connectivity index (χ4n) is 2.37. The number of ether oxygens (including phenoxy) is 1. The van der Waals surface area contributed by atoms with Crippen molar-refractivity contribution in [3.8, 4) is 5.75 Å². The Hall–Kier alpha value is -2.55. The van der Waals surface area contributed by atoms with E-state index in [4.69, 9.17) is 4.74 Å². The molecule has 20 heavy (non-hydrogen) atoms. The summed E-state index contributed by atoms with van der Waals surface area (Å²) >= 11 is 0. The Morgan fingerprint density at radius 2 is 1.90 bits per heavy atom. The largest absolute Gasteiger partial charge is 0.488 e. The number of hydrogen-bond donors (Lipinski definition) is 1. The first-order valence-electron chi connectivity index (χ1n) is 6.53. The third kappa shape index (κ3) is 2.18. The number of aryl methyl sites for hydroxylation is 1. The Balaban J connectivity index is 1.97. The van der Waals surface area contributed by atoms with E-state index in [0.717, 1.165) is 34.2 Å². The Kier molecular flexibility index (Phi) is 3.25. The van der Waals surface area contributed by atoms with Crippen LogP contribution in [0.2, 0.25) is 0 Å². The lowest BCUT2D eigenvalue weighted by Crippen LogP contribution is -1.96. The molecular formula is C17H15NO2. The highest BCUT2D eigenvalue weighted by Gasteiger charge is 2.12. The van der Waals surface area contributed by atoms with Gasteiger partial charge in [-0.1, -0.05) is 36.4 Å². The summed E-state index contributed by atoms with van der Waals surface area (Å²) in [4.78, 5) is 14.5. The second-order valence-electron chi connectivity index (χ2n) is 4.73. The number of nitrogens with one attached hydrogen (secondary N) is 1. The minimum absolute atomic E-state index is 0.489. The van der Waals surface area contributed by atoms with Gasteiger partial charge in [0, 0.05) is 11.3 Å². The molecule has 3 heteroatoms. The number of benzene rings is 2. The van der Waals surface area contributed by atoms with Crippen LogP contribution in [-0.2, 0) is 6.61 Å². The normalized spacial score (nSPS) is 10.7. The summed E-state index contributed by atoms with van der Waals surface area (Å²) in [5.74, 6) is 0.734. The van der Waals surface area contributed by atoms with E-state index in [-0.39, 0.29) is 0 Å². The zero-order chi connectivity index (χ0) is 13.9. The summed E-state index contributed by atoms with van der Waals surface area (Å²) in [5, 5.41) is 0.857. The molecule has 0 aliphatic carbocycles. The number of H-pyrrole nitrogens is 1. The molecule has 0 aliphatic heterocycles. The molecule has 0 amide bonds. The Morgan fingerprint density at radius 1 is 1.10 bits per heavy atom.